The topological polar surface area (TPSA) is 73.8 Å². The van der Waals surface area contributed by atoms with Crippen LogP contribution in [0.1, 0.15) is 43.7 Å². The number of esters is 1. The van der Waals surface area contributed by atoms with E-state index in [0.717, 1.165) is 56.0 Å². The van der Waals surface area contributed by atoms with E-state index in [0.29, 0.717) is 43.0 Å². The first-order chi connectivity index (χ1) is 19.6. The number of nitrogens with one attached hydrogen (secondary N) is 1. The number of ether oxygens (including phenoxy) is 1. The van der Waals surface area contributed by atoms with Gasteiger partial charge in [0.1, 0.15) is 17.5 Å². The lowest BCUT2D eigenvalue weighted by Crippen LogP contribution is -2.42. The summed E-state index contributed by atoms with van der Waals surface area (Å²) in [4.78, 5) is 28.1. The van der Waals surface area contributed by atoms with Crippen LogP contribution in [-0.2, 0) is 15.7 Å². The maximum Gasteiger partial charge on any atom is 0.416 e. The van der Waals surface area contributed by atoms with Gasteiger partial charge in [-0.05, 0) is 86.7 Å². The number of aliphatic imine (C=N–C) groups is 1. The number of halogens is 4. The molecule has 11 heteroatoms. The normalized spacial score (nSPS) is 17.4. The molecule has 1 aromatic heterocycles. The second-order valence-electron chi connectivity index (χ2n) is 10.6. The third kappa shape index (κ3) is 6.78. The third-order valence-corrected chi connectivity index (χ3v) is 7.76. The first-order valence-corrected chi connectivity index (χ1v) is 13.8. The van der Waals surface area contributed by atoms with Crippen molar-refractivity contribution in [2.75, 3.05) is 39.8 Å². The summed E-state index contributed by atoms with van der Waals surface area (Å²) < 4.78 is 59.6. The van der Waals surface area contributed by atoms with Crippen LogP contribution in [0.4, 0.5) is 17.6 Å². The number of alkyl halides is 3. The summed E-state index contributed by atoms with van der Waals surface area (Å²) in [6, 6.07) is 8.01. The van der Waals surface area contributed by atoms with E-state index in [1.807, 2.05) is 14.0 Å². The largest absolute Gasteiger partial charge is 0.466 e. The van der Waals surface area contributed by atoms with Crippen LogP contribution < -0.4 is 0 Å². The van der Waals surface area contributed by atoms with Gasteiger partial charge < -0.3 is 14.6 Å². The molecule has 1 saturated heterocycles. The average Bonchev–Trinajstić information content (AvgIpc) is 3.27. The van der Waals surface area contributed by atoms with Crippen LogP contribution in [0.3, 0.4) is 0 Å². The molecule has 0 radical (unpaired) electrons. The minimum absolute atomic E-state index is 0.127. The number of carbonyl (C=O) groups excluding carboxylic acids is 1. The molecule has 7 nitrogen and oxygen atoms in total. The number of aromatic amines is 1. The van der Waals surface area contributed by atoms with Crippen molar-refractivity contribution >= 4 is 28.4 Å². The molecule has 5 rings (SSSR count). The highest BCUT2D eigenvalue weighted by atomic mass is 19.4. The molecule has 2 aromatic carbocycles. The van der Waals surface area contributed by atoms with Crippen LogP contribution in [0.25, 0.3) is 28.0 Å². The zero-order valence-electron chi connectivity index (χ0n) is 23.1. The number of rotatable bonds is 7. The van der Waals surface area contributed by atoms with E-state index < -0.39 is 17.6 Å². The number of fused-ring (bicyclic) bond motifs is 1. The summed E-state index contributed by atoms with van der Waals surface area (Å²) in [7, 11) is 2.00. The van der Waals surface area contributed by atoms with Crippen LogP contribution in [-0.4, -0.2) is 71.4 Å². The molecule has 0 unspecified atom stereocenters. The number of benzene rings is 2. The maximum atomic E-state index is 15.3. The van der Waals surface area contributed by atoms with Crippen LogP contribution in [0.5, 0.6) is 0 Å². The second kappa shape index (κ2) is 12.0. The summed E-state index contributed by atoms with van der Waals surface area (Å²) in [5.74, 6) is 0.801. The summed E-state index contributed by atoms with van der Waals surface area (Å²) in [5.41, 5.74) is 1.50. The van der Waals surface area contributed by atoms with Crippen LogP contribution in [0.2, 0.25) is 0 Å². The van der Waals surface area contributed by atoms with Crippen LogP contribution >= 0.6 is 0 Å². The lowest BCUT2D eigenvalue weighted by atomic mass is 9.93. The Hall–Kier alpha value is -3.73. The molecule has 1 fully saturated rings. The minimum Gasteiger partial charge on any atom is -0.466 e. The number of hydrogen-bond acceptors (Lipinski definition) is 6. The lowest BCUT2D eigenvalue weighted by Gasteiger charge is -2.33. The monoisotopic (exact) mass is 571 g/mol. The fraction of sp³-hybridized carbons (Fsp3) is 0.433. The fourth-order valence-corrected chi connectivity index (χ4v) is 5.34. The maximum absolute atomic E-state index is 15.3. The summed E-state index contributed by atoms with van der Waals surface area (Å²) in [6.07, 6.45) is 0.348. The van der Waals surface area contributed by atoms with Gasteiger partial charge in [0.25, 0.3) is 0 Å². The molecular formula is C30H33F4N5O2. The van der Waals surface area contributed by atoms with Crippen molar-refractivity contribution in [2.45, 2.75) is 38.8 Å². The average molecular weight is 572 g/mol. The summed E-state index contributed by atoms with van der Waals surface area (Å²) >= 11 is 0. The molecule has 0 bridgehead atoms. The fourth-order valence-electron chi connectivity index (χ4n) is 5.34. The molecule has 0 amide bonds. The van der Waals surface area contributed by atoms with E-state index in [-0.39, 0.29) is 22.9 Å². The van der Waals surface area contributed by atoms with Crippen molar-refractivity contribution in [1.29, 1.82) is 0 Å². The number of imidazole rings is 1. The van der Waals surface area contributed by atoms with E-state index in [9.17, 15) is 18.0 Å². The number of nitrogens with zero attached hydrogens (tertiary/aromatic N) is 4. The van der Waals surface area contributed by atoms with Gasteiger partial charge in [-0.15, -0.1) is 0 Å². The molecule has 1 N–H and O–H groups in total. The minimum atomic E-state index is -4.47. The summed E-state index contributed by atoms with van der Waals surface area (Å²) in [5, 5.41) is 0. The Labute approximate surface area is 235 Å². The van der Waals surface area contributed by atoms with Crippen molar-refractivity contribution in [1.82, 2.24) is 19.8 Å². The molecule has 3 aromatic rings. The van der Waals surface area contributed by atoms with Gasteiger partial charge in [-0.2, -0.15) is 13.2 Å². The van der Waals surface area contributed by atoms with Gasteiger partial charge in [0.2, 0.25) is 0 Å². The van der Waals surface area contributed by atoms with E-state index in [2.05, 4.69) is 19.8 Å². The number of aromatic nitrogens is 2. The molecule has 0 aliphatic carbocycles. The van der Waals surface area contributed by atoms with Gasteiger partial charge in [-0.25, -0.2) is 14.4 Å². The van der Waals surface area contributed by atoms with Gasteiger partial charge in [-0.1, -0.05) is 6.07 Å². The van der Waals surface area contributed by atoms with Gasteiger partial charge in [-0.3, -0.25) is 9.69 Å². The van der Waals surface area contributed by atoms with Gasteiger partial charge in [0.05, 0.1) is 35.3 Å². The molecule has 3 heterocycles. The number of amidine groups is 1. The Morgan fingerprint density at radius 1 is 1.12 bits per heavy atom. The molecule has 41 heavy (non-hydrogen) atoms. The first kappa shape index (κ1) is 28.8. The van der Waals surface area contributed by atoms with Crippen LogP contribution in [0, 0.1) is 11.7 Å². The smallest absolute Gasteiger partial charge is 0.416 e. The number of carbonyl (C=O) groups is 1. The Morgan fingerprint density at radius 2 is 1.90 bits per heavy atom. The number of hydrogen-bond donors (Lipinski definition) is 1. The first-order valence-electron chi connectivity index (χ1n) is 13.8. The summed E-state index contributed by atoms with van der Waals surface area (Å²) in [6.45, 7) is 5.42. The highest BCUT2D eigenvalue weighted by Crippen LogP contribution is 2.33. The SMILES string of the molecule is CCOC(=O)CC1CCN(CC2=NC=C(c3ccc(-c4nc5ccc(C(F)(F)F)cc5[nH]4)c(F)c3)CCN2C)CC1. The standard InChI is InChI=1S/C30H33F4N5O2/c1-3-41-28(40)14-19-8-12-39(13-9-19)18-27-35-17-21(10-11-38(27)2)20-4-6-23(24(31)15-20)29-36-25-7-5-22(30(32,33)34)16-26(25)37-29/h4-7,15-17,19H,3,8-14,18H2,1-2H3,(H,36,37). The molecule has 2 aliphatic heterocycles. The quantitative estimate of drug-likeness (QED) is 0.273. The molecular weight excluding hydrogens is 538 g/mol. The van der Waals surface area contributed by atoms with E-state index in [1.54, 1.807) is 18.3 Å². The Balaban J connectivity index is 1.27. The van der Waals surface area contributed by atoms with Crippen molar-refractivity contribution < 1.29 is 27.1 Å². The van der Waals surface area contributed by atoms with Gasteiger partial charge in [0, 0.05) is 26.2 Å². The van der Waals surface area contributed by atoms with E-state index >= 15 is 4.39 Å². The second-order valence-corrected chi connectivity index (χ2v) is 10.6. The zero-order chi connectivity index (χ0) is 29.1. The van der Waals surface area contributed by atoms with E-state index in [1.165, 1.54) is 12.1 Å². The Morgan fingerprint density at radius 3 is 2.61 bits per heavy atom. The zero-order valence-corrected chi connectivity index (χ0v) is 23.1. The number of likely N-dealkylation sites (tertiary alicyclic amines) is 1. The van der Waals surface area contributed by atoms with Crippen LogP contribution in [0.15, 0.2) is 47.6 Å². The Kier molecular flexibility index (Phi) is 8.44. The van der Waals surface area contributed by atoms with Crippen molar-refractivity contribution in [3.8, 4) is 11.4 Å². The third-order valence-electron chi connectivity index (χ3n) is 7.76. The van der Waals surface area contributed by atoms with Crippen molar-refractivity contribution in [3.05, 3.63) is 59.5 Å². The number of H-pyrrole nitrogens is 1. The van der Waals surface area contributed by atoms with Gasteiger partial charge in [0.15, 0.2) is 0 Å². The highest BCUT2D eigenvalue weighted by Gasteiger charge is 2.31. The lowest BCUT2D eigenvalue weighted by molar-refractivity contribution is -0.144. The van der Waals surface area contributed by atoms with Crippen molar-refractivity contribution in [2.24, 2.45) is 10.9 Å². The number of piperidine rings is 1. The van der Waals surface area contributed by atoms with Gasteiger partial charge >= 0.3 is 12.1 Å². The highest BCUT2D eigenvalue weighted by molar-refractivity contribution is 5.87. The molecule has 0 spiro atoms. The van der Waals surface area contributed by atoms with E-state index in [4.69, 9.17) is 9.73 Å². The Bertz CT molecular complexity index is 1470. The molecule has 0 atom stereocenters. The number of likely N-dealkylation sites (N-methyl/N-ethyl adjacent to an activating group) is 1. The van der Waals surface area contributed by atoms with Crippen molar-refractivity contribution in [3.63, 3.8) is 0 Å². The predicted molar refractivity (Wildman–Crippen MR) is 150 cm³/mol. The molecule has 2 aliphatic rings. The molecule has 218 valence electrons. The predicted octanol–water partition coefficient (Wildman–Crippen LogP) is 6.13. The molecule has 0 saturated carbocycles.